The Kier molecular flexibility index (Phi) is 5.16. The van der Waals surface area contributed by atoms with Gasteiger partial charge in [0.25, 0.3) is 0 Å². The molecule has 2 N–H and O–H groups in total. The van der Waals surface area contributed by atoms with Gasteiger partial charge in [0, 0.05) is 38.1 Å². The molecule has 0 radical (unpaired) electrons. The van der Waals surface area contributed by atoms with E-state index in [9.17, 15) is 4.79 Å². The minimum absolute atomic E-state index is 0.158. The molecule has 1 aliphatic heterocycles. The summed E-state index contributed by atoms with van der Waals surface area (Å²) in [5.74, 6) is 0. The predicted molar refractivity (Wildman–Crippen MR) is 106 cm³/mol. The van der Waals surface area contributed by atoms with Crippen LogP contribution in [0, 0.1) is 0 Å². The highest BCUT2D eigenvalue weighted by atomic mass is 16.2. The molecule has 1 unspecified atom stereocenters. The molecular weight excluding hydrogens is 338 g/mol. The van der Waals surface area contributed by atoms with Crippen LogP contribution in [0.4, 0.5) is 10.5 Å². The number of likely N-dealkylation sites (tertiary alicyclic amines) is 1. The first-order valence-corrected chi connectivity index (χ1v) is 9.21. The quantitative estimate of drug-likeness (QED) is 0.733. The van der Waals surface area contributed by atoms with E-state index >= 15 is 0 Å². The highest BCUT2D eigenvalue weighted by molar-refractivity contribution is 5.91. The van der Waals surface area contributed by atoms with Crippen molar-refractivity contribution in [3.63, 3.8) is 0 Å². The van der Waals surface area contributed by atoms with Crippen molar-refractivity contribution in [3.8, 4) is 5.69 Å². The lowest BCUT2D eigenvalue weighted by molar-refractivity contribution is 0.247. The third kappa shape index (κ3) is 4.35. The molecule has 1 aromatic heterocycles. The number of urea groups is 1. The standard InChI is InChI=1S/C21H23N5O/c27-21(24-19-9-4-5-10-20(19)26-13-6-12-22-26)23-18-11-14-25(16-18)15-17-7-2-1-3-8-17/h1-10,12-13,18H,11,14-16H2,(H2,23,24,27). The number of hydrogen-bond donors (Lipinski definition) is 2. The van der Waals surface area contributed by atoms with Crippen LogP contribution in [0.15, 0.2) is 73.1 Å². The minimum Gasteiger partial charge on any atom is -0.334 e. The number of para-hydroxylation sites is 2. The van der Waals surface area contributed by atoms with E-state index in [-0.39, 0.29) is 12.1 Å². The first-order chi connectivity index (χ1) is 13.3. The number of nitrogens with one attached hydrogen (secondary N) is 2. The largest absolute Gasteiger partial charge is 0.334 e. The zero-order chi connectivity index (χ0) is 18.5. The first kappa shape index (κ1) is 17.3. The van der Waals surface area contributed by atoms with Gasteiger partial charge in [-0.3, -0.25) is 4.90 Å². The fourth-order valence-electron chi connectivity index (χ4n) is 3.47. The number of aromatic nitrogens is 2. The van der Waals surface area contributed by atoms with E-state index in [1.54, 1.807) is 10.9 Å². The highest BCUT2D eigenvalue weighted by Crippen LogP contribution is 2.19. The Bertz CT molecular complexity index is 879. The Balaban J connectivity index is 1.33. The summed E-state index contributed by atoms with van der Waals surface area (Å²) in [6, 6.07) is 19.9. The lowest BCUT2D eigenvalue weighted by Crippen LogP contribution is -2.39. The van der Waals surface area contributed by atoms with Gasteiger partial charge < -0.3 is 10.6 Å². The molecular formula is C21H23N5O. The molecule has 1 saturated heterocycles. The molecule has 2 aromatic carbocycles. The highest BCUT2D eigenvalue weighted by Gasteiger charge is 2.24. The van der Waals surface area contributed by atoms with E-state index in [0.29, 0.717) is 0 Å². The maximum absolute atomic E-state index is 12.5. The SMILES string of the molecule is O=C(Nc1ccccc1-n1cccn1)NC1CCN(Cc2ccccc2)C1. The van der Waals surface area contributed by atoms with Gasteiger partial charge in [0.05, 0.1) is 11.4 Å². The second-order valence-electron chi connectivity index (χ2n) is 6.77. The van der Waals surface area contributed by atoms with E-state index in [1.165, 1.54) is 5.56 Å². The number of nitrogens with zero attached hydrogens (tertiary/aromatic N) is 3. The van der Waals surface area contributed by atoms with Crippen LogP contribution < -0.4 is 10.6 Å². The number of benzene rings is 2. The summed E-state index contributed by atoms with van der Waals surface area (Å²) in [7, 11) is 0. The van der Waals surface area contributed by atoms with Crippen LogP contribution in [0.5, 0.6) is 0 Å². The molecule has 2 amide bonds. The van der Waals surface area contributed by atoms with E-state index in [1.807, 2.05) is 42.6 Å². The Morgan fingerprint density at radius 2 is 1.89 bits per heavy atom. The van der Waals surface area contributed by atoms with Crippen molar-refractivity contribution in [1.82, 2.24) is 20.0 Å². The summed E-state index contributed by atoms with van der Waals surface area (Å²) >= 11 is 0. The van der Waals surface area contributed by atoms with Gasteiger partial charge in [-0.05, 0) is 30.2 Å². The lowest BCUT2D eigenvalue weighted by Gasteiger charge is -2.17. The van der Waals surface area contributed by atoms with Crippen LogP contribution in [0.2, 0.25) is 0 Å². The van der Waals surface area contributed by atoms with Crippen molar-refractivity contribution < 1.29 is 4.79 Å². The maximum Gasteiger partial charge on any atom is 0.319 e. The van der Waals surface area contributed by atoms with Crippen LogP contribution in [0.25, 0.3) is 5.69 Å². The second-order valence-corrected chi connectivity index (χ2v) is 6.77. The first-order valence-electron chi connectivity index (χ1n) is 9.21. The fraction of sp³-hybridized carbons (Fsp3) is 0.238. The van der Waals surface area contributed by atoms with Crippen molar-refractivity contribution in [2.75, 3.05) is 18.4 Å². The smallest absolute Gasteiger partial charge is 0.319 e. The Morgan fingerprint density at radius 1 is 1.07 bits per heavy atom. The minimum atomic E-state index is -0.179. The van der Waals surface area contributed by atoms with E-state index in [0.717, 1.165) is 37.4 Å². The molecule has 0 spiro atoms. The summed E-state index contributed by atoms with van der Waals surface area (Å²) in [6.07, 6.45) is 4.54. The molecule has 0 bridgehead atoms. The van der Waals surface area contributed by atoms with Crippen LogP contribution in [-0.4, -0.2) is 39.8 Å². The topological polar surface area (TPSA) is 62.2 Å². The maximum atomic E-state index is 12.5. The van der Waals surface area contributed by atoms with Crippen LogP contribution in [0.1, 0.15) is 12.0 Å². The van der Waals surface area contributed by atoms with Crippen LogP contribution in [0.3, 0.4) is 0 Å². The van der Waals surface area contributed by atoms with Gasteiger partial charge in [0.2, 0.25) is 0 Å². The number of anilines is 1. The Labute approximate surface area is 158 Å². The molecule has 6 nitrogen and oxygen atoms in total. The Hall–Kier alpha value is -3.12. The normalized spacial score (nSPS) is 17.0. The fourth-order valence-corrected chi connectivity index (χ4v) is 3.47. The van der Waals surface area contributed by atoms with Gasteiger partial charge in [0.1, 0.15) is 0 Å². The third-order valence-electron chi connectivity index (χ3n) is 4.76. The zero-order valence-electron chi connectivity index (χ0n) is 15.1. The lowest BCUT2D eigenvalue weighted by atomic mass is 10.2. The van der Waals surface area contributed by atoms with E-state index in [4.69, 9.17) is 0 Å². The number of rotatable bonds is 5. The summed E-state index contributed by atoms with van der Waals surface area (Å²) in [5, 5.41) is 10.3. The number of hydrogen-bond acceptors (Lipinski definition) is 3. The van der Waals surface area contributed by atoms with Crippen molar-refractivity contribution in [3.05, 3.63) is 78.6 Å². The molecule has 1 atom stereocenters. The summed E-state index contributed by atoms with van der Waals surface area (Å²) in [4.78, 5) is 14.9. The molecule has 0 aliphatic carbocycles. The Morgan fingerprint density at radius 3 is 2.70 bits per heavy atom. The molecule has 27 heavy (non-hydrogen) atoms. The van der Waals surface area contributed by atoms with Crippen molar-refractivity contribution >= 4 is 11.7 Å². The summed E-state index contributed by atoms with van der Waals surface area (Å²) < 4.78 is 1.74. The zero-order valence-corrected chi connectivity index (χ0v) is 15.1. The number of carbonyl (C=O) groups is 1. The average Bonchev–Trinajstić information content (AvgIpc) is 3.35. The van der Waals surface area contributed by atoms with Crippen LogP contribution >= 0.6 is 0 Å². The number of amides is 2. The monoisotopic (exact) mass is 361 g/mol. The van der Waals surface area contributed by atoms with Gasteiger partial charge in [-0.1, -0.05) is 42.5 Å². The predicted octanol–water partition coefficient (Wildman–Crippen LogP) is 3.27. The van der Waals surface area contributed by atoms with Gasteiger partial charge >= 0.3 is 6.03 Å². The van der Waals surface area contributed by atoms with Gasteiger partial charge in [0.15, 0.2) is 0 Å². The third-order valence-corrected chi connectivity index (χ3v) is 4.76. The van der Waals surface area contributed by atoms with Crippen molar-refractivity contribution in [2.45, 2.75) is 19.0 Å². The van der Waals surface area contributed by atoms with Gasteiger partial charge in [-0.15, -0.1) is 0 Å². The molecule has 1 aliphatic rings. The summed E-state index contributed by atoms with van der Waals surface area (Å²) in [5.41, 5.74) is 2.88. The van der Waals surface area contributed by atoms with E-state index < -0.39 is 0 Å². The second kappa shape index (κ2) is 8.05. The van der Waals surface area contributed by atoms with E-state index in [2.05, 4.69) is 44.9 Å². The molecule has 4 rings (SSSR count). The van der Waals surface area contributed by atoms with Crippen LogP contribution in [-0.2, 0) is 6.54 Å². The van der Waals surface area contributed by atoms with Gasteiger partial charge in [-0.25, -0.2) is 9.48 Å². The van der Waals surface area contributed by atoms with Gasteiger partial charge in [-0.2, -0.15) is 5.10 Å². The molecule has 3 aromatic rings. The summed E-state index contributed by atoms with van der Waals surface area (Å²) in [6.45, 7) is 2.77. The molecule has 6 heteroatoms. The molecule has 138 valence electrons. The average molecular weight is 361 g/mol. The molecule has 2 heterocycles. The molecule has 0 saturated carbocycles. The molecule has 1 fully saturated rings. The number of carbonyl (C=O) groups excluding carboxylic acids is 1. The van der Waals surface area contributed by atoms with Crippen molar-refractivity contribution in [2.24, 2.45) is 0 Å². The van der Waals surface area contributed by atoms with Crippen molar-refractivity contribution in [1.29, 1.82) is 0 Å².